The minimum absolute atomic E-state index is 0.0823. The van der Waals surface area contributed by atoms with E-state index in [0.717, 1.165) is 12.8 Å². The van der Waals surface area contributed by atoms with Crippen LogP contribution in [0.25, 0.3) is 0 Å². The third kappa shape index (κ3) is 7.83. The van der Waals surface area contributed by atoms with Gasteiger partial charge in [0.05, 0.1) is 11.5 Å². The molecule has 2 nitrogen and oxygen atoms in total. The minimum atomic E-state index is -4.93. The van der Waals surface area contributed by atoms with Crippen LogP contribution in [-0.4, -0.2) is 12.7 Å². The molecule has 2 aromatic rings. The van der Waals surface area contributed by atoms with Crippen molar-refractivity contribution in [2.24, 2.45) is 17.8 Å². The van der Waals surface area contributed by atoms with E-state index in [4.69, 9.17) is 4.74 Å². The van der Waals surface area contributed by atoms with Crippen molar-refractivity contribution in [2.75, 3.05) is 6.61 Å². The second-order valence-electron chi connectivity index (χ2n) is 10.8. The Balaban J connectivity index is 1.25. The first-order valence-electron chi connectivity index (χ1n) is 13.7. The molecule has 41 heavy (non-hydrogen) atoms. The molecule has 0 saturated heterocycles. The van der Waals surface area contributed by atoms with Gasteiger partial charge in [-0.3, -0.25) is 0 Å². The van der Waals surface area contributed by atoms with Gasteiger partial charge in [-0.15, -0.1) is 0 Å². The molecule has 0 aromatic heterocycles. The average molecular weight is 589 g/mol. The second kappa shape index (κ2) is 12.9. The first-order chi connectivity index (χ1) is 19.4. The summed E-state index contributed by atoms with van der Waals surface area (Å²) in [6.07, 6.45) is 0.987. The Labute approximate surface area is 234 Å². The van der Waals surface area contributed by atoms with Gasteiger partial charge in [0, 0.05) is 23.8 Å². The Morgan fingerprint density at radius 1 is 0.732 bits per heavy atom. The predicted molar refractivity (Wildman–Crippen MR) is 138 cm³/mol. The molecule has 0 N–H and O–H groups in total. The van der Waals surface area contributed by atoms with Gasteiger partial charge in [0.25, 0.3) is 0 Å². The Morgan fingerprint density at radius 3 is 1.78 bits per heavy atom. The molecule has 0 spiro atoms. The van der Waals surface area contributed by atoms with Gasteiger partial charge in [-0.05, 0) is 81.3 Å². The summed E-state index contributed by atoms with van der Waals surface area (Å²) in [7, 11) is 0. The zero-order chi connectivity index (χ0) is 29.8. The van der Waals surface area contributed by atoms with Gasteiger partial charge in [0.15, 0.2) is 0 Å². The van der Waals surface area contributed by atoms with Gasteiger partial charge in [-0.2, -0.15) is 22.0 Å². The number of hydrogen-bond donors (Lipinski definition) is 0. The van der Waals surface area contributed by atoms with Crippen LogP contribution in [0.1, 0.15) is 68.4 Å². The van der Waals surface area contributed by atoms with Crippen molar-refractivity contribution in [1.82, 2.24) is 0 Å². The molecule has 0 atom stereocenters. The van der Waals surface area contributed by atoms with Crippen molar-refractivity contribution in [3.63, 3.8) is 0 Å². The molecule has 2 aliphatic rings. The van der Waals surface area contributed by atoms with Crippen molar-refractivity contribution in [2.45, 2.75) is 69.6 Å². The lowest BCUT2D eigenvalue weighted by Gasteiger charge is -2.33. The van der Waals surface area contributed by atoms with Gasteiger partial charge in [-0.1, -0.05) is 24.8 Å². The minimum Gasteiger partial charge on any atom is -0.489 e. The lowest BCUT2D eigenvalue weighted by Crippen LogP contribution is -2.37. The highest BCUT2D eigenvalue weighted by atomic mass is 19.4. The lowest BCUT2D eigenvalue weighted by atomic mass is 9.77. The monoisotopic (exact) mass is 588 g/mol. The summed E-state index contributed by atoms with van der Waals surface area (Å²) in [4.78, 5) is 0. The highest BCUT2D eigenvalue weighted by molar-refractivity contribution is 5.33. The van der Waals surface area contributed by atoms with Gasteiger partial charge in [0.2, 0.25) is 0 Å². The fourth-order valence-electron chi connectivity index (χ4n) is 5.78. The summed E-state index contributed by atoms with van der Waals surface area (Å²) >= 11 is 0. The molecule has 4 rings (SSSR count). The third-order valence-electron chi connectivity index (χ3n) is 8.00. The van der Waals surface area contributed by atoms with Gasteiger partial charge in [0.1, 0.15) is 35.6 Å². The number of allylic oxidation sites excluding steroid dienone is 2. The highest BCUT2D eigenvalue weighted by Gasteiger charge is 2.44. The molecule has 10 heteroatoms. The maximum Gasteiger partial charge on any atom is 0.419 e. The fourth-order valence-corrected chi connectivity index (χ4v) is 5.78. The maximum atomic E-state index is 14.7. The van der Waals surface area contributed by atoms with Crippen LogP contribution in [0.5, 0.6) is 11.5 Å². The number of halogens is 8. The average Bonchev–Trinajstić information content (AvgIpc) is 2.90. The van der Waals surface area contributed by atoms with E-state index in [-0.39, 0.29) is 48.5 Å². The molecule has 0 radical (unpaired) electrons. The number of benzene rings is 2. The van der Waals surface area contributed by atoms with E-state index in [0.29, 0.717) is 43.9 Å². The zero-order valence-electron chi connectivity index (χ0n) is 22.3. The SMILES string of the molecule is C=CCOc1cc(F)c(C2CCC(/C=C/C3CCC(C(F)(F)Oc4ccc(C(F)(F)F)c(F)c4)CC3)CC2)c(F)c1. The molecule has 0 bridgehead atoms. The topological polar surface area (TPSA) is 18.5 Å². The van der Waals surface area contributed by atoms with Gasteiger partial charge < -0.3 is 9.47 Å². The molecule has 0 amide bonds. The fraction of sp³-hybridized carbons (Fsp3) is 0.484. The number of hydrogen-bond acceptors (Lipinski definition) is 2. The molecule has 2 aliphatic carbocycles. The third-order valence-corrected chi connectivity index (χ3v) is 8.00. The van der Waals surface area contributed by atoms with E-state index in [1.54, 1.807) is 0 Å². The summed E-state index contributed by atoms with van der Waals surface area (Å²) in [5, 5.41) is 0. The molecule has 2 aromatic carbocycles. The molecule has 0 aliphatic heterocycles. The smallest absolute Gasteiger partial charge is 0.419 e. The first-order valence-corrected chi connectivity index (χ1v) is 13.7. The summed E-state index contributed by atoms with van der Waals surface area (Å²) in [5.41, 5.74) is -1.46. The van der Waals surface area contributed by atoms with E-state index < -0.39 is 47.0 Å². The molecule has 0 unspecified atom stereocenters. The van der Waals surface area contributed by atoms with Crippen molar-refractivity contribution < 1.29 is 44.6 Å². The van der Waals surface area contributed by atoms with Crippen molar-refractivity contribution in [3.05, 3.63) is 83.7 Å². The Kier molecular flexibility index (Phi) is 9.70. The lowest BCUT2D eigenvalue weighted by molar-refractivity contribution is -0.223. The Hall–Kier alpha value is -3.04. The number of rotatable bonds is 9. The quantitative estimate of drug-likeness (QED) is 0.214. The zero-order valence-corrected chi connectivity index (χ0v) is 22.3. The second-order valence-corrected chi connectivity index (χ2v) is 10.8. The van der Waals surface area contributed by atoms with E-state index in [1.807, 2.05) is 6.08 Å². The molecular formula is C31H32F8O2. The number of ether oxygens (including phenoxy) is 2. The van der Waals surface area contributed by atoms with E-state index in [2.05, 4.69) is 17.4 Å². The Bertz CT molecular complexity index is 1200. The Morgan fingerprint density at radius 2 is 1.27 bits per heavy atom. The van der Waals surface area contributed by atoms with Crippen LogP contribution >= 0.6 is 0 Å². The van der Waals surface area contributed by atoms with Gasteiger partial charge >= 0.3 is 12.3 Å². The van der Waals surface area contributed by atoms with E-state index >= 15 is 0 Å². The van der Waals surface area contributed by atoms with Crippen LogP contribution in [0.2, 0.25) is 0 Å². The van der Waals surface area contributed by atoms with Crippen LogP contribution in [0.15, 0.2) is 55.1 Å². The first kappa shape index (κ1) is 30.9. The summed E-state index contributed by atoms with van der Waals surface area (Å²) in [6.45, 7) is 3.66. The van der Waals surface area contributed by atoms with Gasteiger partial charge in [-0.25, -0.2) is 13.2 Å². The van der Waals surface area contributed by atoms with Crippen LogP contribution in [0, 0.1) is 35.2 Å². The molecule has 2 saturated carbocycles. The van der Waals surface area contributed by atoms with Crippen LogP contribution in [0.3, 0.4) is 0 Å². The predicted octanol–water partition coefficient (Wildman–Crippen LogP) is 10.00. The van der Waals surface area contributed by atoms with Crippen molar-refractivity contribution in [1.29, 1.82) is 0 Å². The summed E-state index contributed by atoms with van der Waals surface area (Å²) < 4.78 is 121. The number of alkyl halides is 5. The van der Waals surface area contributed by atoms with Crippen molar-refractivity contribution in [3.8, 4) is 11.5 Å². The molecule has 0 heterocycles. The largest absolute Gasteiger partial charge is 0.489 e. The van der Waals surface area contributed by atoms with E-state index in [9.17, 15) is 35.1 Å². The van der Waals surface area contributed by atoms with Crippen LogP contribution in [0.4, 0.5) is 35.1 Å². The molecule has 2 fully saturated rings. The van der Waals surface area contributed by atoms with Crippen LogP contribution in [-0.2, 0) is 6.18 Å². The summed E-state index contributed by atoms with van der Waals surface area (Å²) in [6, 6.07) is 3.80. The molecule has 224 valence electrons. The van der Waals surface area contributed by atoms with Crippen molar-refractivity contribution >= 4 is 0 Å². The summed E-state index contributed by atoms with van der Waals surface area (Å²) in [5.74, 6) is -4.52. The van der Waals surface area contributed by atoms with Crippen LogP contribution < -0.4 is 9.47 Å². The standard InChI is InChI=1S/C31H32F8O2/c1-2-15-40-24-17-27(33)29(28(34)18-24)21-9-5-19(6-10-21)3-4-20-7-11-22(12-8-20)31(38,39)41-23-13-14-25(26(32)16-23)30(35,36)37/h2-4,13-14,16-22H,1,5-12,15H2/b4-3+. The highest BCUT2D eigenvalue weighted by Crippen LogP contribution is 2.43. The molecular weight excluding hydrogens is 556 g/mol. The maximum absolute atomic E-state index is 14.7. The normalized spacial score (nSPS) is 23.9. The van der Waals surface area contributed by atoms with E-state index in [1.165, 1.54) is 18.2 Å².